The maximum atomic E-state index is 12.8. The molecule has 1 unspecified atom stereocenters. The maximum absolute atomic E-state index is 12.8. The molecule has 1 atom stereocenters. The molecule has 0 spiro atoms. The van der Waals surface area contributed by atoms with E-state index >= 15 is 0 Å². The Morgan fingerprint density at radius 1 is 1.26 bits per heavy atom. The fourth-order valence-electron chi connectivity index (χ4n) is 1.87. The predicted octanol–water partition coefficient (Wildman–Crippen LogP) is 2.55. The molecule has 0 aliphatic heterocycles. The highest BCUT2D eigenvalue weighted by Gasteiger charge is 2.08. The van der Waals surface area contributed by atoms with Crippen molar-refractivity contribution in [1.29, 1.82) is 0 Å². The number of nitrogens with two attached hydrogens (primary N) is 1. The van der Waals surface area contributed by atoms with Gasteiger partial charge in [-0.25, -0.2) is 14.4 Å². The molecule has 19 heavy (non-hydrogen) atoms. The van der Waals surface area contributed by atoms with Crippen LogP contribution in [0.4, 0.5) is 16.0 Å². The van der Waals surface area contributed by atoms with E-state index in [1.54, 1.807) is 12.1 Å². The van der Waals surface area contributed by atoms with Crippen LogP contribution in [-0.4, -0.2) is 16.0 Å². The fourth-order valence-corrected chi connectivity index (χ4v) is 1.87. The SMILES string of the molecule is Cc1c(N)ncnc1NC(C)Cc1ccc(F)cc1. The summed E-state index contributed by atoms with van der Waals surface area (Å²) in [6, 6.07) is 6.67. The van der Waals surface area contributed by atoms with Crippen molar-refractivity contribution in [3.63, 3.8) is 0 Å². The normalized spacial score (nSPS) is 12.2. The molecular formula is C14H17FN4. The van der Waals surface area contributed by atoms with Gasteiger partial charge in [-0.05, 0) is 38.0 Å². The number of halogens is 1. The average molecular weight is 260 g/mol. The zero-order valence-corrected chi connectivity index (χ0v) is 11.0. The highest BCUT2D eigenvalue weighted by molar-refractivity contribution is 5.54. The van der Waals surface area contributed by atoms with Crippen LogP contribution in [0, 0.1) is 12.7 Å². The quantitative estimate of drug-likeness (QED) is 0.886. The van der Waals surface area contributed by atoms with Gasteiger partial charge in [0.25, 0.3) is 0 Å². The minimum atomic E-state index is -0.219. The largest absolute Gasteiger partial charge is 0.383 e. The van der Waals surface area contributed by atoms with E-state index in [0.717, 1.165) is 23.4 Å². The maximum Gasteiger partial charge on any atom is 0.134 e. The Balaban J connectivity index is 2.03. The molecule has 0 amide bonds. The lowest BCUT2D eigenvalue weighted by Gasteiger charge is -2.16. The Labute approximate surface area is 111 Å². The zero-order chi connectivity index (χ0) is 13.8. The number of nitrogens with zero attached hydrogens (tertiary/aromatic N) is 2. The third kappa shape index (κ3) is 3.40. The number of nitrogens with one attached hydrogen (secondary N) is 1. The molecule has 1 heterocycles. The Kier molecular flexibility index (Phi) is 3.94. The van der Waals surface area contributed by atoms with Crippen molar-refractivity contribution in [3.05, 3.63) is 47.5 Å². The first-order valence-electron chi connectivity index (χ1n) is 6.14. The first-order valence-corrected chi connectivity index (χ1v) is 6.14. The lowest BCUT2D eigenvalue weighted by Crippen LogP contribution is -2.20. The number of anilines is 2. The molecule has 3 N–H and O–H groups in total. The molecule has 1 aromatic heterocycles. The Bertz CT molecular complexity index is 554. The molecule has 0 aliphatic carbocycles. The van der Waals surface area contributed by atoms with E-state index in [-0.39, 0.29) is 11.9 Å². The van der Waals surface area contributed by atoms with Gasteiger partial charge in [0.1, 0.15) is 23.8 Å². The third-order valence-electron chi connectivity index (χ3n) is 2.96. The molecule has 0 saturated carbocycles. The summed E-state index contributed by atoms with van der Waals surface area (Å²) < 4.78 is 12.8. The number of hydrogen-bond acceptors (Lipinski definition) is 4. The van der Waals surface area contributed by atoms with Gasteiger partial charge in [-0.15, -0.1) is 0 Å². The van der Waals surface area contributed by atoms with E-state index < -0.39 is 0 Å². The van der Waals surface area contributed by atoms with Crippen LogP contribution >= 0.6 is 0 Å². The molecule has 0 saturated heterocycles. The standard InChI is InChI=1S/C14H17FN4/c1-9(7-11-3-5-12(15)6-4-11)19-14-10(2)13(16)17-8-18-14/h3-6,8-9H,7H2,1-2H3,(H3,16,17,18,19). The minimum absolute atomic E-state index is 0.165. The van der Waals surface area contributed by atoms with Crippen molar-refractivity contribution in [2.45, 2.75) is 26.3 Å². The molecule has 2 rings (SSSR count). The highest BCUT2D eigenvalue weighted by atomic mass is 19.1. The van der Waals surface area contributed by atoms with E-state index in [4.69, 9.17) is 5.73 Å². The van der Waals surface area contributed by atoms with Gasteiger partial charge in [0.15, 0.2) is 0 Å². The van der Waals surface area contributed by atoms with Crippen molar-refractivity contribution in [3.8, 4) is 0 Å². The summed E-state index contributed by atoms with van der Waals surface area (Å²) in [5, 5.41) is 3.29. The van der Waals surface area contributed by atoms with Crippen LogP contribution in [0.15, 0.2) is 30.6 Å². The molecule has 0 aliphatic rings. The molecule has 0 fully saturated rings. The van der Waals surface area contributed by atoms with E-state index in [1.165, 1.54) is 18.5 Å². The van der Waals surface area contributed by atoms with Gasteiger partial charge in [0, 0.05) is 11.6 Å². The van der Waals surface area contributed by atoms with Crippen molar-refractivity contribution in [2.75, 3.05) is 11.1 Å². The molecule has 100 valence electrons. The zero-order valence-electron chi connectivity index (χ0n) is 11.0. The summed E-state index contributed by atoms with van der Waals surface area (Å²) in [7, 11) is 0. The van der Waals surface area contributed by atoms with Crippen molar-refractivity contribution in [2.24, 2.45) is 0 Å². The van der Waals surface area contributed by atoms with Gasteiger partial charge < -0.3 is 11.1 Å². The van der Waals surface area contributed by atoms with Gasteiger partial charge in [0.2, 0.25) is 0 Å². The van der Waals surface area contributed by atoms with Crippen LogP contribution in [0.2, 0.25) is 0 Å². The minimum Gasteiger partial charge on any atom is -0.383 e. The number of benzene rings is 1. The van der Waals surface area contributed by atoms with E-state index in [0.29, 0.717) is 5.82 Å². The molecule has 2 aromatic rings. The predicted molar refractivity (Wildman–Crippen MR) is 74.4 cm³/mol. The van der Waals surface area contributed by atoms with Crippen LogP contribution < -0.4 is 11.1 Å². The van der Waals surface area contributed by atoms with Crippen LogP contribution in [-0.2, 0) is 6.42 Å². The van der Waals surface area contributed by atoms with Crippen LogP contribution in [0.1, 0.15) is 18.1 Å². The summed E-state index contributed by atoms with van der Waals surface area (Å²) in [5.74, 6) is 0.998. The first-order chi connectivity index (χ1) is 9.06. The summed E-state index contributed by atoms with van der Waals surface area (Å²) >= 11 is 0. The molecule has 0 bridgehead atoms. The number of rotatable bonds is 4. The summed E-state index contributed by atoms with van der Waals surface area (Å²) in [6.45, 7) is 3.92. The molecule has 4 nitrogen and oxygen atoms in total. The summed E-state index contributed by atoms with van der Waals surface area (Å²) in [6.07, 6.45) is 2.22. The van der Waals surface area contributed by atoms with E-state index in [1.807, 2.05) is 13.8 Å². The topological polar surface area (TPSA) is 63.8 Å². The number of aromatic nitrogens is 2. The lowest BCUT2D eigenvalue weighted by molar-refractivity contribution is 0.626. The van der Waals surface area contributed by atoms with Gasteiger partial charge in [0.05, 0.1) is 0 Å². The Morgan fingerprint density at radius 3 is 2.63 bits per heavy atom. The second-order valence-corrected chi connectivity index (χ2v) is 4.61. The smallest absolute Gasteiger partial charge is 0.134 e. The number of hydrogen-bond donors (Lipinski definition) is 2. The second-order valence-electron chi connectivity index (χ2n) is 4.61. The highest BCUT2D eigenvalue weighted by Crippen LogP contribution is 2.17. The van der Waals surface area contributed by atoms with Crippen LogP contribution in [0.3, 0.4) is 0 Å². The Hall–Kier alpha value is -2.17. The van der Waals surface area contributed by atoms with Gasteiger partial charge >= 0.3 is 0 Å². The molecular weight excluding hydrogens is 243 g/mol. The fraction of sp³-hybridized carbons (Fsp3) is 0.286. The monoisotopic (exact) mass is 260 g/mol. The van der Waals surface area contributed by atoms with E-state index in [2.05, 4.69) is 15.3 Å². The van der Waals surface area contributed by atoms with Gasteiger partial charge in [-0.1, -0.05) is 12.1 Å². The summed E-state index contributed by atoms with van der Waals surface area (Å²) in [5.41, 5.74) is 7.64. The lowest BCUT2D eigenvalue weighted by atomic mass is 10.1. The molecule has 5 heteroatoms. The van der Waals surface area contributed by atoms with Crippen molar-refractivity contribution < 1.29 is 4.39 Å². The molecule has 0 radical (unpaired) electrons. The molecule has 1 aromatic carbocycles. The van der Waals surface area contributed by atoms with Gasteiger partial charge in [-0.3, -0.25) is 0 Å². The first kappa shape index (κ1) is 13.3. The van der Waals surface area contributed by atoms with Crippen LogP contribution in [0.5, 0.6) is 0 Å². The Morgan fingerprint density at radius 2 is 1.95 bits per heavy atom. The summed E-state index contributed by atoms with van der Waals surface area (Å²) in [4.78, 5) is 8.10. The average Bonchev–Trinajstić information content (AvgIpc) is 2.38. The number of nitrogen functional groups attached to an aromatic ring is 1. The van der Waals surface area contributed by atoms with E-state index in [9.17, 15) is 4.39 Å². The van der Waals surface area contributed by atoms with Crippen molar-refractivity contribution in [1.82, 2.24) is 9.97 Å². The van der Waals surface area contributed by atoms with Gasteiger partial charge in [-0.2, -0.15) is 0 Å². The van der Waals surface area contributed by atoms with Crippen molar-refractivity contribution >= 4 is 11.6 Å². The third-order valence-corrected chi connectivity index (χ3v) is 2.96. The second kappa shape index (κ2) is 5.65. The van der Waals surface area contributed by atoms with Crippen LogP contribution in [0.25, 0.3) is 0 Å².